The van der Waals surface area contributed by atoms with E-state index < -0.39 is 127 Å². The van der Waals surface area contributed by atoms with Crippen LogP contribution in [0.1, 0.15) is 91.5 Å². The third-order valence-electron chi connectivity index (χ3n) is 10.5. The van der Waals surface area contributed by atoms with Gasteiger partial charge in [-0.05, 0) is 62.1 Å². The van der Waals surface area contributed by atoms with Crippen molar-refractivity contribution in [2.75, 3.05) is 6.54 Å². The van der Waals surface area contributed by atoms with Gasteiger partial charge in [0.2, 0.25) is 41.4 Å². The quantitative estimate of drug-likeness (QED) is 0.0599. The number of nitrogens with zero attached hydrogens (tertiary/aromatic N) is 1. The molecule has 0 aliphatic carbocycles. The van der Waals surface area contributed by atoms with Crippen LogP contribution in [0.5, 0.6) is 5.75 Å². The van der Waals surface area contributed by atoms with Gasteiger partial charge in [-0.1, -0.05) is 52.7 Å². The minimum Gasteiger partial charge on any atom is -0.508 e. The first kappa shape index (κ1) is 49.4. The zero-order valence-electron chi connectivity index (χ0n) is 34.2. The first-order valence-electron chi connectivity index (χ1n) is 19.8. The van der Waals surface area contributed by atoms with E-state index in [1.807, 2.05) is 6.92 Å². The van der Waals surface area contributed by atoms with E-state index in [4.69, 9.17) is 11.5 Å². The fraction of sp³-hybridized carbons (Fsp3) is 0.615. The second-order valence-electron chi connectivity index (χ2n) is 15.0. The molecule has 1 fully saturated rings. The maximum absolute atomic E-state index is 14.2. The first-order valence-corrected chi connectivity index (χ1v) is 19.8. The van der Waals surface area contributed by atoms with Gasteiger partial charge in [0.05, 0.1) is 6.04 Å². The van der Waals surface area contributed by atoms with Crippen LogP contribution in [0.4, 0.5) is 0 Å². The summed E-state index contributed by atoms with van der Waals surface area (Å²) in [5, 5.41) is 41.3. The lowest BCUT2D eigenvalue weighted by atomic mass is 9.97. The summed E-state index contributed by atoms with van der Waals surface area (Å²) in [6.07, 6.45) is -0.629. The number of likely N-dealkylation sites (tertiary alicyclic amines) is 1. The van der Waals surface area contributed by atoms with Crippen LogP contribution < -0.4 is 38.1 Å². The molecule has 0 aromatic heterocycles. The zero-order valence-corrected chi connectivity index (χ0v) is 34.2. The Kier molecular flexibility index (Phi) is 19.7. The number of carboxylic acid groups (broad SMARTS) is 2. The largest absolute Gasteiger partial charge is 0.508 e. The molecule has 1 heterocycles. The molecule has 9 unspecified atom stereocenters. The van der Waals surface area contributed by atoms with E-state index in [1.54, 1.807) is 20.8 Å². The van der Waals surface area contributed by atoms with E-state index in [1.165, 1.54) is 31.2 Å². The number of aromatic hydroxyl groups is 1. The second kappa shape index (κ2) is 23.6. The van der Waals surface area contributed by atoms with E-state index >= 15 is 0 Å². The molecule has 2 rings (SSSR count). The Morgan fingerprint density at radius 2 is 1.27 bits per heavy atom. The van der Waals surface area contributed by atoms with Crippen LogP contribution in [-0.2, 0) is 49.6 Å². The van der Waals surface area contributed by atoms with Crippen molar-refractivity contribution in [2.24, 2.45) is 23.3 Å². The Morgan fingerprint density at radius 3 is 1.81 bits per heavy atom. The number of carboxylic acids is 2. The van der Waals surface area contributed by atoms with Gasteiger partial charge < -0.3 is 58.3 Å². The molecule has 7 amide bonds. The van der Waals surface area contributed by atoms with Gasteiger partial charge in [-0.25, -0.2) is 0 Å². The van der Waals surface area contributed by atoms with Crippen molar-refractivity contribution < 1.29 is 58.5 Å². The third kappa shape index (κ3) is 15.5. The highest BCUT2D eigenvalue weighted by Crippen LogP contribution is 2.21. The van der Waals surface area contributed by atoms with Gasteiger partial charge >= 0.3 is 11.9 Å². The van der Waals surface area contributed by atoms with Crippen molar-refractivity contribution in [1.82, 2.24) is 31.5 Å². The second-order valence-corrected chi connectivity index (χ2v) is 15.0. The average Bonchev–Trinajstić information content (AvgIpc) is 3.69. The third-order valence-corrected chi connectivity index (χ3v) is 10.5. The smallest absolute Gasteiger partial charge is 0.303 e. The Morgan fingerprint density at radius 1 is 0.729 bits per heavy atom. The fourth-order valence-corrected chi connectivity index (χ4v) is 6.29. The molecule has 0 radical (unpaired) electrons. The van der Waals surface area contributed by atoms with Crippen LogP contribution in [0, 0.1) is 11.8 Å². The molecular weight excluding hydrogens is 772 g/mol. The number of phenols is 1. The van der Waals surface area contributed by atoms with Crippen LogP contribution in [-0.4, -0.2) is 122 Å². The van der Waals surface area contributed by atoms with Crippen LogP contribution in [0.3, 0.4) is 0 Å². The molecule has 12 N–H and O–H groups in total. The Bertz CT molecular complexity index is 1670. The molecule has 20 heteroatoms. The lowest BCUT2D eigenvalue weighted by Gasteiger charge is -2.31. The summed E-state index contributed by atoms with van der Waals surface area (Å²) in [6.45, 7) is 8.39. The van der Waals surface area contributed by atoms with Crippen LogP contribution >= 0.6 is 0 Å². The van der Waals surface area contributed by atoms with Crippen molar-refractivity contribution in [3.8, 4) is 5.75 Å². The fourth-order valence-electron chi connectivity index (χ4n) is 6.29. The van der Waals surface area contributed by atoms with Crippen molar-refractivity contribution in [1.29, 1.82) is 0 Å². The molecule has 1 aromatic carbocycles. The highest BCUT2D eigenvalue weighted by molar-refractivity contribution is 5.97. The molecule has 20 nitrogen and oxygen atoms in total. The highest BCUT2D eigenvalue weighted by atomic mass is 16.4. The number of aliphatic carboxylic acids is 2. The number of carbonyl (C=O) groups is 9. The van der Waals surface area contributed by atoms with Gasteiger partial charge in [0.15, 0.2) is 0 Å². The number of hydrogen-bond donors (Lipinski definition) is 10. The van der Waals surface area contributed by atoms with Crippen molar-refractivity contribution >= 4 is 53.3 Å². The lowest BCUT2D eigenvalue weighted by Crippen LogP contribution is -2.60. The minimum atomic E-state index is -1.49. The number of hydrogen-bond acceptors (Lipinski definition) is 11. The number of rotatable bonds is 24. The SMILES string of the molecule is CCC(C)C(N)C(=O)NC(Cc1ccc(O)cc1)C(=O)NC(CCC(=O)O)C(=O)N1CCCC1C(=O)NC(CCC(=O)O)C(=O)NC(C(=O)NC(C)C(N)=O)C(C)CC. The number of phenolic OH excluding ortho intramolecular Hbond substituents is 1. The Hall–Kier alpha value is -5.79. The molecule has 9 atom stereocenters. The average molecular weight is 833 g/mol. The van der Waals surface area contributed by atoms with E-state index in [0.717, 1.165) is 4.90 Å². The molecule has 59 heavy (non-hydrogen) atoms. The summed E-state index contributed by atoms with van der Waals surface area (Å²) >= 11 is 0. The monoisotopic (exact) mass is 832 g/mol. The first-order chi connectivity index (χ1) is 27.7. The highest BCUT2D eigenvalue weighted by Gasteiger charge is 2.40. The summed E-state index contributed by atoms with van der Waals surface area (Å²) in [5.41, 5.74) is 11.9. The maximum Gasteiger partial charge on any atom is 0.303 e. The normalized spacial score (nSPS) is 17.7. The van der Waals surface area contributed by atoms with Gasteiger partial charge in [-0.2, -0.15) is 0 Å². The number of primary amides is 1. The summed E-state index contributed by atoms with van der Waals surface area (Å²) < 4.78 is 0. The van der Waals surface area contributed by atoms with Gasteiger partial charge in [-0.15, -0.1) is 0 Å². The van der Waals surface area contributed by atoms with Crippen LogP contribution in [0.15, 0.2) is 24.3 Å². The molecule has 0 bridgehead atoms. The standard InChI is InChI=1S/C39H60N8O12/c1-6-20(3)31(40)37(57)45-27(19-23-10-12-24(48)13-11-23)35(55)44-26(15-17-30(51)52)39(59)47-18-8-9-28(47)36(56)43-25(14-16-29(49)50)34(54)46-32(21(4)7-2)38(58)42-22(5)33(41)53/h10-13,20-22,25-28,31-32,48H,6-9,14-19,40H2,1-5H3,(H2,41,53)(H,42,58)(H,43,56)(H,44,55)(H,45,57)(H,46,54)(H,49,50)(H,51,52). The molecular formula is C39H60N8O12. The summed E-state index contributed by atoms with van der Waals surface area (Å²) in [4.78, 5) is 118. The van der Waals surface area contributed by atoms with Crippen molar-refractivity contribution in [2.45, 2.75) is 135 Å². The topological polar surface area (TPSA) is 330 Å². The van der Waals surface area contributed by atoms with Crippen LogP contribution in [0.2, 0.25) is 0 Å². The van der Waals surface area contributed by atoms with Crippen molar-refractivity contribution in [3.63, 3.8) is 0 Å². The lowest BCUT2D eigenvalue weighted by molar-refractivity contribution is -0.143. The molecule has 1 aliphatic rings. The number of amides is 7. The van der Waals surface area contributed by atoms with Crippen molar-refractivity contribution in [3.05, 3.63) is 29.8 Å². The van der Waals surface area contributed by atoms with Gasteiger partial charge in [0, 0.05) is 25.8 Å². The summed E-state index contributed by atoms with van der Waals surface area (Å²) in [5.74, 6) is -8.89. The number of nitrogens with two attached hydrogens (primary N) is 2. The van der Waals surface area contributed by atoms with Gasteiger partial charge in [0.25, 0.3) is 0 Å². The zero-order chi connectivity index (χ0) is 44.6. The number of benzene rings is 1. The molecule has 1 saturated heterocycles. The molecule has 1 aliphatic heterocycles. The molecule has 328 valence electrons. The molecule has 1 aromatic rings. The number of nitrogens with one attached hydrogen (secondary N) is 5. The summed E-state index contributed by atoms with van der Waals surface area (Å²) in [6, 6.07) is -2.90. The van der Waals surface area contributed by atoms with E-state index in [-0.39, 0.29) is 31.1 Å². The van der Waals surface area contributed by atoms with Crippen LogP contribution in [0.25, 0.3) is 0 Å². The minimum absolute atomic E-state index is 0.00803. The van der Waals surface area contributed by atoms with E-state index in [0.29, 0.717) is 24.8 Å². The summed E-state index contributed by atoms with van der Waals surface area (Å²) in [7, 11) is 0. The predicted octanol–water partition coefficient (Wildman–Crippen LogP) is -0.996. The Labute approximate surface area is 342 Å². The molecule has 0 spiro atoms. The maximum atomic E-state index is 14.2. The molecule has 0 saturated carbocycles. The number of carbonyl (C=O) groups excluding carboxylic acids is 7. The van der Waals surface area contributed by atoms with E-state index in [2.05, 4.69) is 26.6 Å². The predicted molar refractivity (Wildman–Crippen MR) is 212 cm³/mol. The van der Waals surface area contributed by atoms with Gasteiger partial charge in [0.1, 0.15) is 42.0 Å². The van der Waals surface area contributed by atoms with E-state index in [9.17, 15) is 58.5 Å². The Balaban J connectivity index is 2.38. The van der Waals surface area contributed by atoms with Gasteiger partial charge in [-0.3, -0.25) is 43.2 Å².